The number of ether oxygens (including phenoxy) is 1. The molecule has 1 saturated heterocycles. The van der Waals surface area contributed by atoms with E-state index in [0.29, 0.717) is 31.2 Å². The number of esters is 1. The van der Waals surface area contributed by atoms with E-state index in [1.54, 1.807) is 44.2 Å². The normalized spacial score (nSPS) is 22.8. The van der Waals surface area contributed by atoms with E-state index < -0.39 is 125 Å². The summed E-state index contributed by atoms with van der Waals surface area (Å²) in [5, 5.41) is 48.4. The molecule has 0 radical (unpaired) electrons. The Kier molecular flexibility index (Phi) is 33.0. The molecule has 1 heterocycles. The van der Waals surface area contributed by atoms with Crippen LogP contribution in [-0.2, 0) is 59.1 Å². The van der Waals surface area contributed by atoms with E-state index in [9.17, 15) is 58.2 Å². The van der Waals surface area contributed by atoms with E-state index >= 15 is 0 Å². The highest BCUT2D eigenvalue weighted by molar-refractivity contribution is 5.97. The smallest absolute Gasteiger partial charge is 0.311 e. The minimum Gasteiger partial charge on any atom is -0.465 e. The lowest BCUT2D eigenvalue weighted by Crippen LogP contribution is -2.61. The Hall–Kier alpha value is -6.36. The third kappa shape index (κ3) is 25.8. The second kappa shape index (κ2) is 37.7. The van der Waals surface area contributed by atoms with Crippen LogP contribution in [0.15, 0.2) is 30.3 Å². The van der Waals surface area contributed by atoms with Crippen LogP contribution in [0.3, 0.4) is 0 Å². The summed E-state index contributed by atoms with van der Waals surface area (Å²) < 4.78 is 5.36. The average Bonchev–Trinajstić information content (AvgIpc) is 3.42. The fourth-order valence-electron chi connectivity index (χ4n) is 8.58. The summed E-state index contributed by atoms with van der Waals surface area (Å²) in [7, 11) is 0. The number of hydrogen-bond acceptors (Lipinski definition) is 18. The van der Waals surface area contributed by atoms with Gasteiger partial charge in [-0.3, -0.25) is 47.9 Å². The zero-order valence-corrected chi connectivity index (χ0v) is 48.9. The van der Waals surface area contributed by atoms with Crippen LogP contribution in [-0.4, -0.2) is 182 Å². The van der Waals surface area contributed by atoms with Gasteiger partial charge in [0.2, 0.25) is 53.2 Å². The Morgan fingerprint density at radius 1 is 0.683 bits per heavy atom. The van der Waals surface area contributed by atoms with Crippen LogP contribution in [0.2, 0.25) is 0 Å². The van der Waals surface area contributed by atoms with Gasteiger partial charge < -0.3 is 91.1 Å². The summed E-state index contributed by atoms with van der Waals surface area (Å²) in [5.74, 6) is -7.45. The molecule has 27 heteroatoms. The average molecular weight is 1160 g/mol. The quantitative estimate of drug-likeness (QED) is 0.0298. The second-order valence-electron chi connectivity index (χ2n) is 21.9. The second-order valence-corrected chi connectivity index (χ2v) is 21.9. The van der Waals surface area contributed by atoms with Crippen molar-refractivity contribution in [3.05, 3.63) is 35.9 Å². The number of benzene rings is 1. The van der Waals surface area contributed by atoms with Crippen molar-refractivity contribution < 1.29 is 62.9 Å². The summed E-state index contributed by atoms with van der Waals surface area (Å²) in [6.07, 6.45) is -1.21. The van der Waals surface area contributed by atoms with Crippen LogP contribution in [0.25, 0.3) is 0 Å². The maximum Gasteiger partial charge on any atom is 0.311 e. The number of carbonyl (C=O) groups excluding carboxylic acids is 10. The predicted molar refractivity (Wildman–Crippen MR) is 306 cm³/mol. The molecule has 1 aliphatic heterocycles. The number of aliphatic hydroxyl groups is 2. The van der Waals surface area contributed by atoms with Gasteiger partial charge in [0.1, 0.15) is 42.3 Å². The highest BCUT2D eigenvalue weighted by Crippen LogP contribution is 2.21. The maximum absolute atomic E-state index is 14.4. The zero-order valence-electron chi connectivity index (χ0n) is 48.9. The molecule has 1 aromatic rings. The molecule has 2 unspecified atom stereocenters. The van der Waals surface area contributed by atoms with Crippen LogP contribution in [0.1, 0.15) is 125 Å². The molecule has 11 atom stereocenters. The van der Waals surface area contributed by atoms with Crippen molar-refractivity contribution in [2.45, 2.75) is 192 Å². The van der Waals surface area contributed by atoms with Crippen LogP contribution >= 0.6 is 0 Å². The number of rotatable bonds is 27. The van der Waals surface area contributed by atoms with E-state index in [2.05, 4.69) is 53.2 Å². The topological polar surface area (TPSA) is 445 Å². The van der Waals surface area contributed by atoms with Crippen LogP contribution in [0.5, 0.6) is 0 Å². The number of carbonyl (C=O) groups is 10. The highest BCUT2D eigenvalue weighted by atomic mass is 16.5. The first kappa shape index (κ1) is 71.7. The molecular formula is C55H96N14O13. The lowest BCUT2D eigenvalue weighted by atomic mass is 9.91. The SMILES string of the molecule is CCC(C)(C)C(=O)OCCCCCC(=O)N[C@H](C(=O)N[C@@H](CCN)C(=O)N[C@H]1CCNC(=O)[C@H](C(C)O)NC(=O)[C@H](CCN)NC(=O)[C@H](CCN)NC(=O)[C@H](CC(C)C)NC(=O)[C@@H](Cc2ccccc2)NC(=O)[C@H](CCN)NC1)C(C)O. The van der Waals surface area contributed by atoms with Crippen LogP contribution in [0.4, 0.5) is 0 Å². The third-order valence-corrected chi connectivity index (χ3v) is 13.9. The number of nitrogens with one attached hydrogen (secondary N) is 10. The van der Waals surface area contributed by atoms with Gasteiger partial charge in [-0.2, -0.15) is 0 Å². The summed E-state index contributed by atoms with van der Waals surface area (Å²) in [6.45, 7) is 11.1. The van der Waals surface area contributed by atoms with E-state index in [4.69, 9.17) is 27.7 Å². The fraction of sp³-hybridized carbons (Fsp3) is 0.709. The Balaban J connectivity index is 2.56. The van der Waals surface area contributed by atoms with Crippen LogP contribution in [0, 0.1) is 11.3 Å². The minimum atomic E-state index is -1.58. The van der Waals surface area contributed by atoms with Gasteiger partial charge >= 0.3 is 5.97 Å². The third-order valence-electron chi connectivity index (χ3n) is 13.9. The van der Waals surface area contributed by atoms with Crippen molar-refractivity contribution >= 4 is 59.1 Å². The van der Waals surface area contributed by atoms with Gasteiger partial charge in [0, 0.05) is 32.0 Å². The maximum atomic E-state index is 14.4. The Morgan fingerprint density at radius 2 is 1.23 bits per heavy atom. The van der Waals surface area contributed by atoms with E-state index in [1.807, 2.05) is 20.8 Å². The van der Waals surface area contributed by atoms with Gasteiger partial charge in [0.15, 0.2) is 0 Å². The first-order valence-electron chi connectivity index (χ1n) is 28.6. The van der Waals surface area contributed by atoms with Gasteiger partial charge in [0.25, 0.3) is 0 Å². The summed E-state index contributed by atoms with van der Waals surface area (Å²) in [5.41, 5.74) is 23.7. The molecule has 20 N–H and O–H groups in total. The molecule has 0 bridgehead atoms. The van der Waals surface area contributed by atoms with Crippen molar-refractivity contribution in [2.24, 2.45) is 34.3 Å². The molecule has 1 aliphatic rings. The highest BCUT2D eigenvalue weighted by Gasteiger charge is 2.36. The van der Waals surface area contributed by atoms with Crippen molar-refractivity contribution in [1.82, 2.24) is 53.2 Å². The standard InChI is InChI=1S/C55H96N14O13/c1-8-55(6,7)54(81)82-28-14-10-13-17-43(72)68-45(34(5)71)53(80)65-38(19-24-57)47(74)62-36-22-27-60-52(79)44(33(4)70)69-49(76)40(21-26-59)63-48(75)39(20-25-58)64-50(77)41(29-32(2)3)66-51(78)42(30-35-15-11-9-12-16-35)67-46(73)37(18-23-56)61-31-36/h9,11-12,15-16,32-34,36-42,44-45,61,70-71H,8,10,13-14,17-31,56-59H2,1-7H3,(H,60,79)(H,62,74)(H,63,75)(H,64,77)(H,65,80)(H,66,78)(H,67,73)(H,68,72)(H,69,76)/t33?,34?,36-,37-,38-,39-,40-,41-,42+,44-,45-/m0/s1. The molecule has 82 heavy (non-hydrogen) atoms. The van der Waals surface area contributed by atoms with Gasteiger partial charge in [-0.1, -0.05) is 51.1 Å². The minimum absolute atomic E-state index is 0.0120. The number of amides is 9. The molecule has 0 aliphatic carbocycles. The fourth-order valence-corrected chi connectivity index (χ4v) is 8.58. The molecule has 9 amide bonds. The number of hydrogen-bond donors (Lipinski definition) is 16. The van der Waals surface area contributed by atoms with Crippen molar-refractivity contribution in [2.75, 3.05) is 45.9 Å². The van der Waals surface area contributed by atoms with Crippen molar-refractivity contribution in [3.8, 4) is 0 Å². The molecule has 464 valence electrons. The summed E-state index contributed by atoms with van der Waals surface area (Å²) >= 11 is 0. The molecule has 0 spiro atoms. The molecule has 2 rings (SSSR count). The van der Waals surface area contributed by atoms with E-state index in [1.165, 1.54) is 13.8 Å². The van der Waals surface area contributed by atoms with Gasteiger partial charge in [-0.25, -0.2) is 0 Å². The summed E-state index contributed by atoms with van der Waals surface area (Å²) in [4.78, 5) is 138. The largest absolute Gasteiger partial charge is 0.465 e. The Bertz CT molecular complexity index is 2200. The van der Waals surface area contributed by atoms with Gasteiger partial charge in [-0.05, 0) is 130 Å². The molecule has 1 aromatic carbocycles. The van der Waals surface area contributed by atoms with Crippen LogP contribution < -0.4 is 76.1 Å². The first-order valence-corrected chi connectivity index (χ1v) is 28.6. The molecule has 0 saturated carbocycles. The van der Waals surface area contributed by atoms with Crippen molar-refractivity contribution in [1.29, 1.82) is 0 Å². The summed E-state index contributed by atoms with van der Waals surface area (Å²) in [6, 6.07) is -2.88. The number of nitrogens with two attached hydrogens (primary N) is 4. The first-order chi connectivity index (χ1) is 38.8. The van der Waals surface area contributed by atoms with Gasteiger partial charge in [-0.15, -0.1) is 0 Å². The predicted octanol–water partition coefficient (Wildman–Crippen LogP) is -3.67. The Labute approximate surface area is 481 Å². The van der Waals surface area contributed by atoms with E-state index in [0.717, 1.165) is 0 Å². The Morgan fingerprint density at radius 3 is 1.79 bits per heavy atom. The molecule has 27 nitrogen and oxygen atoms in total. The monoisotopic (exact) mass is 1160 g/mol. The number of aliphatic hydroxyl groups excluding tert-OH is 2. The van der Waals surface area contributed by atoms with Crippen molar-refractivity contribution in [3.63, 3.8) is 0 Å². The lowest BCUT2D eigenvalue weighted by Gasteiger charge is -2.29. The van der Waals surface area contributed by atoms with Gasteiger partial charge in [0.05, 0.1) is 30.3 Å². The molecular weight excluding hydrogens is 1060 g/mol. The molecule has 1 fully saturated rings. The number of unbranched alkanes of at least 4 members (excludes halogenated alkanes) is 2. The zero-order chi connectivity index (χ0) is 61.5. The van der Waals surface area contributed by atoms with E-state index in [-0.39, 0.29) is 109 Å². The molecule has 0 aromatic heterocycles. The lowest BCUT2D eigenvalue weighted by molar-refractivity contribution is -0.154.